The number of esters is 3. The lowest BCUT2D eigenvalue weighted by molar-refractivity contribution is -0.185. The Morgan fingerprint density at radius 3 is 1.29 bits per heavy atom. The van der Waals surface area contributed by atoms with Crippen LogP contribution in [0.15, 0.2) is 24.3 Å². The van der Waals surface area contributed by atoms with Gasteiger partial charge >= 0.3 is 42.2 Å². The van der Waals surface area contributed by atoms with Crippen LogP contribution in [0.5, 0.6) is 0 Å². The highest BCUT2D eigenvalue weighted by Gasteiger charge is 2.50. The van der Waals surface area contributed by atoms with Crippen molar-refractivity contribution in [2.45, 2.75) is 179 Å². The molecule has 0 aromatic carbocycles. The summed E-state index contributed by atoms with van der Waals surface area (Å²) in [6, 6.07) is -1.42. The number of urea groups is 1. The van der Waals surface area contributed by atoms with E-state index in [9.17, 15) is 33.9 Å². The first-order valence-electron chi connectivity index (χ1n) is 27.1. The number of rotatable bonds is 20. The van der Waals surface area contributed by atoms with Crippen LogP contribution in [-0.2, 0) is 47.5 Å². The molecule has 21 nitrogen and oxygen atoms in total. The SMILES string of the molecule is C=C(C)C(=O)OCCOC(=O)NC1CC(C)(C)CC(C)(CN2C(=O)N(CC3(C)CC(NC(=O)OCCOC(=O)C(C)(C)C)CC(C)(C)C3)COCN(C[C@@]3(C)CC(NC(=O)OCCOC(=O)C(=C)C)CC(C)(C)C3)[C@@H]2O)C1. The highest BCUT2D eigenvalue weighted by molar-refractivity contribution is 5.87. The molecule has 4 N–H and O–H groups in total. The second-order valence-electron chi connectivity index (χ2n) is 27.0. The number of ether oxygens (including phenoxy) is 7. The van der Waals surface area contributed by atoms with E-state index in [0.29, 0.717) is 57.9 Å². The Bertz CT molecular complexity index is 2140. The summed E-state index contributed by atoms with van der Waals surface area (Å²) in [6.45, 7) is 34.2. The quantitative estimate of drug-likeness (QED) is 0.0390. The number of aliphatic hydroxyl groups excluding tert-OH is 1. The van der Waals surface area contributed by atoms with Crippen molar-refractivity contribution in [3.8, 4) is 0 Å². The van der Waals surface area contributed by atoms with Gasteiger partial charge in [0.2, 0.25) is 0 Å². The fourth-order valence-electron chi connectivity index (χ4n) is 13.1. The molecule has 0 radical (unpaired) electrons. The summed E-state index contributed by atoms with van der Waals surface area (Å²) in [5, 5.41) is 21.9. The Morgan fingerprint density at radius 1 is 0.558 bits per heavy atom. The molecule has 1 heterocycles. The topological polar surface area (TPSA) is 250 Å². The smallest absolute Gasteiger partial charge is 0.407 e. The van der Waals surface area contributed by atoms with Gasteiger partial charge in [-0.25, -0.2) is 33.7 Å². The summed E-state index contributed by atoms with van der Waals surface area (Å²) in [5.41, 5.74) is -2.74. The second kappa shape index (κ2) is 26.2. The van der Waals surface area contributed by atoms with Crippen LogP contribution >= 0.6 is 0 Å². The van der Waals surface area contributed by atoms with E-state index in [2.05, 4.69) is 91.4 Å². The van der Waals surface area contributed by atoms with E-state index >= 15 is 4.79 Å². The van der Waals surface area contributed by atoms with Crippen LogP contribution in [0.2, 0.25) is 0 Å². The molecule has 0 aromatic rings. The van der Waals surface area contributed by atoms with Crippen LogP contribution in [0.25, 0.3) is 0 Å². The van der Waals surface area contributed by atoms with Crippen LogP contribution in [0.1, 0.15) is 155 Å². The van der Waals surface area contributed by atoms with E-state index in [0.717, 1.165) is 6.42 Å². The molecule has 0 aromatic heterocycles. The first-order valence-corrected chi connectivity index (χ1v) is 27.1. The zero-order valence-corrected chi connectivity index (χ0v) is 48.9. The van der Waals surface area contributed by atoms with E-state index < -0.39 is 70.2 Å². The van der Waals surface area contributed by atoms with Crippen molar-refractivity contribution in [2.24, 2.45) is 37.9 Å². The molecule has 1 saturated heterocycles. The summed E-state index contributed by atoms with van der Waals surface area (Å²) in [6.07, 6.45) is 2.07. The predicted molar refractivity (Wildman–Crippen MR) is 286 cm³/mol. The van der Waals surface area contributed by atoms with Crippen molar-refractivity contribution in [2.75, 3.05) is 72.7 Å². The van der Waals surface area contributed by atoms with Crippen LogP contribution in [0.4, 0.5) is 19.2 Å². The number of nitrogens with zero attached hydrogens (tertiary/aromatic N) is 3. The van der Waals surface area contributed by atoms with Gasteiger partial charge in [0.1, 0.15) is 53.1 Å². The maximum absolute atomic E-state index is 15.5. The van der Waals surface area contributed by atoms with E-state index in [1.54, 1.807) is 30.6 Å². The van der Waals surface area contributed by atoms with Crippen molar-refractivity contribution < 1.29 is 71.8 Å². The van der Waals surface area contributed by atoms with Gasteiger partial charge in [-0.1, -0.05) is 75.5 Å². The van der Waals surface area contributed by atoms with Gasteiger partial charge in [0, 0.05) is 48.9 Å². The summed E-state index contributed by atoms with van der Waals surface area (Å²) in [7, 11) is 0. The average Bonchev–Trinajstić information content (AvgIpc) is 3.25. The van der Waals surface area contributed by atoms with Crippen molar-refractivity contribution in [3.63, 3.8) is 0 Å². The Kier molecular flexibility index (Phi) is 21.9. The van der Waals surface area contributed by atoms with Crippen molar-refractivity contribution in [1.29, 1.82) is 0 Å². The number of hydrogen-bond acceptors (Lipinski definition) is 16. The Hall–Kier alpha value is -5.15. The van der Waals surface area contributed by atoms with Gasteiger partial charge in [-0.05, 0) is 125 Å². The highest BCUT2D eigenvalue weighted by atomic mass is 16.6. The molecule has 0 bridgehead atoms. The molecule has 0 spiro atoms. The zero-order chi connectivity index (χ0) is 58.0. The van der Waals surface area contributed by atoms with Gasteiger partial charge in [0.05, 0.1) is 5.41 Å². The van der Waals surface area contributed by atoms with Crippen molar-refractivity contribution in [3.05, 3.63) is 24.3 Å². The molecule has 4 aliphatic rings. The third-order valence-corrected chi connectivity index (χ3v) is 14.6. The molecule has 5 unspecified atom stereocenters. The van der Waals surface area contributed by atoms with Crippen molar-refractivity contribution in [1.82, 2.24) is 30.7 Å². The fraction of sp³-hybridized carbons (Fsp3) is 0.804. The normalized spacial score (nSPS) is 28.3. The highest BCUT2D eigenvalue weighted by Crippen LogP contribution is 2.50. The first-order chi connectivity index (χ1) is 35.4. The Balaban J connectivity index is 1.58. The molecule has 438 valence electrons. The van der Waals surface area contributed by atoms with Gasteiger partial charge in [-0.15, -0.1) is 0 Å². The molecule has 4 fully saturated rings. The third-order valence-electron chi connectivity index (χ3n) is 14.6. The lowest BCUT2D eigenvalue weighted by atomic mass is 9.62. The van der Waals surface area contributed by atoms with Crippen LogP contribution in [0.3, 0.4) is 0 Å². The Labute approximate surface area is 457 Å². The zero-order valence-electron chi connectivity index (χ0n) is 48.9. The minimum absolute atomic E-state index is 0.0380. The van der Waals surface area contributed by atoms with E-state index in [4.69, 9.17) is 33.2 Å². The van der Waals surface area contributed by atoms with E-state index in [1.165, 1.54) is 18.7 Å². The van der Waals surface area contributed by atoms with Gasteiger partial charge in [0.15, 0.2) is 6.35 Å². The number of amides is 5. The first kappa shape index (κ1) is 64.4. The lowest BCUT2D eigenvalue weighted by Gasteiger charge is -2.53. The summed E-state index contributed by atoms with van der Waals surface area (Å²) in [4.78, 5) is 95.7. The van der Waals surface area contributed by atoms with E-state index in [-0.39, 0.29) is 112 Å². The van der Waals surface area contributed by atoms with E-state index in [1.807, 2.05) is 0 Å². The predicted octanol–water partition coefficient (Wildman–Crippen LogP) is 8.00. The summed E-state index contributed by atoms with van der Waals surface area (Å²) >= 11 is 0. The molecule has 4 rings (SSSR count). The molecule has 21 heteroatoms. The maximum Gasteiger partial charge on any atom is 0.407 e. The minimum Gasteiger partial charge on any atom is -0.462 e. The minimum atomic E-state index is -1.46. The molecule has 7 atom stereocenters. The van der Waals surface area contributed by atoms with Gasteiger partial charge in [0.25, 0.3) is 0 Å². The molecule has 3 saturated carbocycles. The van der Waals surface area contributed by atoms with Crippen LogP contribution < -0.4 is 16.0 Å². The number of carbonyl (C=O) groups excluding carboxylic acids is 7. The van der Waals surface area contributed by atoms with Gasteiger partial charge in [-0.2, -0.15) is 0 Å². The lowest BCUT2D eigenvalue weighted by Crippen LogP contribution is -2.64. The fourth-order valence-corrected chi connectivity index (χ4v) is 13.1. The molecule has 1 aliphatic heterocycles. The number of carbonyl (C=O) groups is 7. The summed E-state index contributed by atoms with van der Waals surface area (Å²) < 4.78 is 38.0. The third kappa shape index (κ3) is 20.9. The maximum atomic E-state index is 15.5. The number of alkyl carbamates (subject to hydrolysis) is 3. The second-order valence-corrected chi connectivity index (χ2v) is 27.0. The molecule has 77 heavy (non-hydrogen) atoms. The van der Waals surface area contributed by atoms with Crippen LogP contribution in [-0.4, -0.2) is 159 Å². The molecular weight excluding hydrogens is 997 g/mol. The van der Waals surface area contributed by atoms with Gasteiger partial charge < -0.3 is 59.1 Å². The monoisotopic (exact) mass is 1090 g/mol. The standard InChI is InChI=1S/C56H94N6O15/c1-37(2)42(63)72-17-20-75-45(66)57-39-23-51(8,9)29-54(14,26-39)32-60-35-71-36-61(33-55(15)27-40(24-52(10,11)30-55)58-47(68)77-22-19-74-44(65)50(5,6)7)49(70)62(48(60)69)34-56(16)28-41(25-53(12,13)31-56)59-46(67)76-21-18-73-43(64)38(3)4/h39-41,48,69H,1,3,17-36H2,2,4-16H3,(H,57,66)(H,58,68)(H,59,67)/t39?,40?,41?,48-,54-,55?,56?/m0/s1. The number of aliphatic hydroxyl groups is 1. The Morgan fingerprint density at radius 2 is 0.909 bits per heavy atom. The summed E-state index contributed by atoms with van der Waals surface area (Å²) in [5.74, 6) is -1.55. The molecule has 3 aliphatic carbocycles. The average molecular weight is 1090 g/mol. The van der Waals surface area contributed by atoms with Gasteiger partial charge in [-0.3, -0.25) is 9.69 Å². The van der Waals surface area contributed by atoms with Crippen LogP contribution in [0, 0.1) is 37.9 Å². The number of hydrogen-bond donors (Lipinski definition) is 4. The van der Waals surface area contributed by atoms with Crippen molar-refractivity contribution >= 4 is 42.2 Å². The molecular formula is C56H94N6O15. The molecule has 5 amide bonds. The number of nitrogens with one attached hydrogen (secondary N) is 3. The largest absolute Gasteiger partial charge is 0.462 e.